The van der Waals surface area contributed by atoms with Crippen molar-refractivity contribution in [3.63, 3.8) is 0 Å². The molecule has 0 radical (unpaired) electrons. The molecule has 4 rings (SSSR count). The van der Waals surface area contributed by atoms with Crippen LogP contribution in [0, 0.1) is 5.92 Å². The molecule has 0 aliphatic carbocycles. The topological polar surface area (TPSA) is 51.2 Å². The summed E-state index contributed by atoms with van der Waals surface area (Å²) >= 11 is 0. The Kier molecular flexibility index (Phi) is 3.80. The van der Waals surface area contributed by atoms with Crippen LogP contribution in [0.15, 0.2) is 54.6 Å². The van der Waals surface area contributed by atoms with E-state index in [2.05, 4.69) is 0 Å². The van der Waals surface area contributed by atoms with Crippen LogP contribution in [0.2, 0.25) is 0 Å². The van der Waals surface area contributed by atoms with E-state index in [1.165, 1.54) is 0 Å². The average molecular weight is 340 g/mol. The largest absolute Gasteiger partial charge is 0.294 e. The zero-order chi connectivity index (χ0) is 16.7. The highest BCUT2D eigenvalue weighted by atomic mass is 32.2. The van der Waals surface area contributed by atoms with E-state index in [1.807, 2.05) is 54.6 Å². The van der Waals surface area contributed by atoms with E-state index < -0.39 is 9.84 Å². The summed E-state index contributed by atoms with van der Waals surface area (Å²) in [7, 11) is -2.98. The van der Waals surface area contributed by atoms with Crippen LogP contribution in [0.3, 0.4) is 0 Å². The molecule has 2 atom stereocenters. The van der Waals surface area contributed by atoms with E-state index in [9.17, 15) is 13.2 Å². The van der Waals surface area contributed by atoms with Crippen molar-refractivity contribution in [3.8, 4) is 11.1 Å². The van der Waals surface area contributed by atoms with Crippen molar-refractivity contribution in [1.82, 2.24) is 0 Å². The highest BCUT2D eigenvalue weighted by Crippen LogP contribution is 2.42. The fourth-order valence-corrected chi connectivity index (χ4v) is 6.61. The van der Waals surface area contributed by atoms with Gasteiger partial charge in [0.15, 0.2) is 15.6 Å². The number of fused-ring (bicyclic) bond motifs is 2. The molecule has 24 heavy (non-hydrogen) atoms. The molecule has 2 fully saturated rings. The molecule has 2 aromatic rings. The number of Topliss-reactive ketones (excluding diaryl/α,β-unsaturated/α-hetero) is 1. The zero-order valence-electron chi connectivity index (χ0n) is 13.4. The molecular weight excluding hydrogens is 320 g/mol. The van der Waals surface area contributed by atoms with E-state index in [4.69, 9.17) is 0 Å². The van der Waals surface area contributed by atoms with Crippen molar-refractivity contribution in [2.45, 2.75) is 36.2 Å². The van der Waals surface area contributed by atoms with E-state index >= 15 is 0 Å². The van der Waals surface area contributed by atoms with Gasteiger partial charge >= 0.3 is 0 Å². The molecule has 2 unspecified atom stereocenters. The Labute approximate surface area is 142 Å². The highest BCUT2D eigenvalue weighted by Gasteiger charge is 2.48. The summed E-state index contributed by atoms with van der Waals surface area (Å²) in [6.45, 7) is 0. The Bertz CT molecular complexity index is 851. The van der Waals surface area contributed by atoms with Crippen molar-refractivity contribution in [2.75, 3.05) is 0 Å². The first-order valence-electron chi connectivity index (χ1n) is 8.48. The van der Waals surface area contributed by atoms with E-state index in [0.29, 0.717) is 18.4 Å². The molecule has 4 heteroatoms. The third-order valence-electron chi connectivity index (χ3n) is 5.46. The fraction of sp³-hybridized carbons (Fsp3) is 0.350. The van der Waals surface area contributed by atoms with Crippen molar-refractivity contribution in [1.29, 1.82) is 0 Å². The summed E-state index contributed by atoms with van der Waals surface area (Å²) in [5.74, 6) is -0.0587. The van der Waals surface area contributed by atoms with Crippen molar-refractivity contribution < 1.29 is 13.2 Å². The monoisotopic (exact) mass is 340 g/mol. The Morgan fingerprint density at radius 2 is 1.46 bits per heavy atom. The smallest absolute Gasteiger partial charge is 0.166 e. The third-order valence-corrected chi connectivity index (χ3v) is 8.17. The first kappa shape index (κ1) is 15.6. The van der Waals surface area contributed by atoms with Crippen molar-refractivity contribution >= 4 is 15.6 Å². The summed E-state index contributed by atoms with van der Waals surface area (Å²) in [6, 6.07) is 17.7. The molecule has 3 nitrogen and oxygen atoms in total. The first-order chi connectivity index (χ1) is 11.6. The second kappa shape index (κ2) is 5.85. The molecule has 2 heterocycles. The van der Waals surface area contributed by atoms with Gasteiger partial charge in [0.25, 0.3) is 0 Å². The molecule has 124 valence electrons. The molecule has 2 aliphatic rings. The molecule has 0 amide bonds. The van der Waals surface area contributed by atoms with Gasteiger partial charge in [-0.15, -0.1) is 0 Å². The SMILES string of the molecule is O=C(c1cccc(-c2ccccc2)c1)C1CC2CCC(C1)S2(=O)=O. The molecule has 2 saturated heterocycles. The van der Waals surface area contributed by atoms with Gasteiger partial charge in [-0.05, 0) is 42.9 Å². The maximum atomic E-state index is 12.9. The Morgan fingerprint density at radius 1 is 0.833 bits per heavy atom. The summed E-state index contributed by atoms with van der Waals surface area (Å²) < 4.78 is 24.4. The van der Waals surface area contributed by atoms with Crippen LogP contribution >= 0.6 is 0 Å². The molecule has 2 aromatic carbocycles. The average Bonchev–Trinajstić information content (AvgIpc) is 2.80. The maximum absolute atomic E-state index is 12.9. The fourth-order valence-electron chi connectivity index (χ4n) is 4.14. The Morgan fingerprint density at radius 3 is 2.12 bits per heavy atom. The van der Waals surface area contributed by atoms with Gasteiger partial charge in [-0.2, -0.15) is 0 Å². The van der Waals surface area contributed by atoms with Gasteiger partial charge in [0, 0.05) is 11.5 Å². The van der Waals surface area contributed by atoms with Crippen LogP contribution in [-0.4, -0.2) is 24.7 Å². The van der Waals surface area contributed by atoms with E-state index in [-0.39, 0.29) is 22.2 Å². The standard InChI is InChI=1S/C20H20O3S/c21-20(17-12-18-9-10-19(13-17)24(18,22)23)16-8-4-7-15(11-16)14-5-2-1-3-6-14/h1-8,11,17-19H,9-10,12-13H2. The van der Waals surface area contributed by atoms with E-state index in [1.54, 1.807) is 0 Å². The molecule has 0 aromatic heterocycles. The molecule has 0 spiro atoms. The lowest BCUT2D eigenvalue weighted by Crippen LogP contribution is -2.36. The summed E-state index contributed by atoms with van der Waals surface area (Å²) in [4.78, 5) is 12.9. The molecular formula is C20H20O3S. The minimum Gasteiger partial charge on any atom is -0.294 e. The lowest BCUT2D eigenvalue weighted by molar-refractivity contribution is 0.0905. The van der Waals surface area contributed by atoms with Gasteiger partial charge in [0.2, 0.25) is 0 Å². The van der Waals surface area contributed by atoms with Gasteiger partial charge in [-0.1, -0.05) is 48.5 Å². The van der Waals surface area contributed by atoms with Gasteiger partial charge in [-0.25, -0.2) is 8.42 Å². The van der Waals surface area contributed by atoms with Crippen molar-refractivity contribution in [2.24, 2.45) is 5.92 Å². The number of ketones is 1. The van der Waals surface area contributed by atoms with Crippen LogP contribution in [0.25, 0.3) is 11.1 Å². The number of benzene rings is 2. The Hall–Kier alpha value is -1.94. The number of hydrogen-bond donors (Lipinski definition) is 0. The lowest BCUT2D eigenvalue weighted by atomic mass is 9.89. The molecule has 2 aliphatic heterocycles. The first-order valence-corrected chi connectivity index (χ1v) is 10.1. The van der Waals surface area contributed by atoms with Crippen LogP contribution in [0.1, 0.15) is 36.0 Å². The maximum Gasteiger partial charge on any atom is 0.166 e. The quantitative estimate of drug-likeness (QED) is 0.797. The van der Waals surface area contributed by atoms with Gasteiger partial charge in [0.05, 0.1) is 10.5 Å². The number of hydrogen-bond acceptors (Lipinski definition) is 3. The predicted molar refractivity (Wildman–Crippen MR) is 94.7 cm³/mol. The van der Waals surface area contributed by atoms with E-state index in [0.717, 1.165) is 24.0 Å². The predicted octanol–water partition coefficient (Wildman–Crippen LogP) is 3.89. The number of carbonyl (C=O) groups is 1. The van der Waals surface area contributed by atoms with Gasteiger partial charge in [-0.3, -0.25) is 4.79 Å². The number of sulfone groups is 1. The number of carbonyl (C=O) groups excluding carboxylic acids is 1. The van der Waals surface area contributed by atoms with Crippen LogP contribution < -0.4 is 0 Å². The summed E-state index contributed by atoms with van der Waals surface area (Å²) in [5, 5.41) is -0.606. The summed E-state index contributed by atoms with van der Waals surface area (Å²) in [6.07, 6.45) is 2.43. The number of rotatable bonds is 3. The molecule has 0 N–H and O–H groups in total. The van der Waals surface area contributed by atoms with Crippen LogP contribution in [0.5, 0.6) is 0 Å². The van der Waals surface area contributed by atoms with Crippen molar-refractivity contribution in [3.05, 3.63) is 60.2 Å². The Balaban J connectivity index is 1.60. The normalized spacial score (nSPS) is 27.8. The van der Waals surface area contributed by atoms with Crippen LogP contribution in [0.4, 0.5) is 0 Å². The minimum absolute atomic E-state index is 0.0968. The zero-order valence-corrected chi connectivity index (χ0v) is 14.2. The van der Waals surface area contributed by atoms with Gasteiger partial charge < -0.3 is 0 Å². The minimum atomic E-state index is -2.98. The highest BCUT2D eigenvalue weighted by molar-refractivity contribution is 7.93. The molecule has 2 bridgehead atoms. The third kappa shape index (κ3) is 2.59. The van der Waals surface area contributed by atoms with Crippen LogP contribution in [-0.2, 0) is 9.84 Å². The second-order valence-electron chi connectivity index (χ2n) is 6.89. The second-order valence-corrected chi connectivity index (χ2v) is 9.40. The van der Waals surface area contributed by atoms with Gasteiger partial charge in [0.1, 0.15) is 0 Å². The molecule has 0 saturated carbocycles. The lowest BCUT2D eigenvalue weighted by Gasteiger charge is -2.27. The summed E-state index contributed by atoms with van der Waals surface area (Å²) in [5.41, 5.74) is 2.80.